The van der Waals surface area contributed by atoms with E-state index in [9.17, 15) is 0 Å². The lowest BCUT2D eigenvalue weighted by Crippen LogP contribution is -2.35. The van der Waals surface area contributed by atoms with Gasteiger partial charge in [-0.2, -0.15) is 0 Å². The van der Waals surface area contributed by atoms with Crippen molar-refractivity contribution in [3.8, 4) is 0 Å². The minimum absolute atomic E-state index is 0.488. The van der Waals surface area contributed by atoms with E-state index in [-0.39, 0.29) is 0 Å². The molecule has 1 aromatic carbocycles. The number of hydrogen-bond acceptors (Lipinski definition) is 2. The molecule has 1 heterocycles. The maximum absolute atomic E-state index is 5.87. The Labute approximate surface area is 116 Å². The topological polar surface area (TPSA) is 21.3 Å². The molecule has 2 aliphatic rings. The predicted molar refractivity (Wildman–Crippen MR) is 78.6 cm³/mol. The van der Waals surface area contributed by atoms with Crippen LogP contribution in [0.5, 0.6) is 0 Å². The van der Waals surface area contributed by atoms with Crippen molar-refractivity contribution in [1.29, 1.82) is 0 Å². The molecule has 2 heteroatoms. The zero-order valence-corrected chi connectivity index (χ0v) is 11.9. The summed E-state index contributed by atoms with van der Waals surface area (Å²) in [5, 5.41) is 3.50. The van der Waals surface area contributed by atoms with Crippen LogP contribution in [0, 0.1) is 0 Å². The van der Waals surface area contributed by atoms with Gasteiger partial charge in [0.05, 0.1) is 6.10 Å². The van der Waals surface area contributed by atoms with Crippen LogP contribution >= 0.6 is 0 Å². The van der Waals surface area contributed by atoms with Gasteiger partial charge in [0.2, 0.25) is 0 Å². The minimum atomic E-state index is 0.488. The fourth-order valence-electron chi connectivity index (χ4n) is 3.56. The molecule has 0 amide bonds. The van der Waals surface area contributed by atoms with Gasteiger partial charge in [0, 0.05) is 12.6 Å². The van der Waals surface area contributed by atoms with Crippen LogP contribution < -0.4 is 5.32 Å². The SMILES string of the molecule is CNC(CC1CCCCO1)CC1Cc2ccccc21. The average Bonchev–Trinajstić information content (AvgIpc) is 2.44. The van der Waals surface area contributed by atoms with Crippen LogP contribution in [0.2, 0.25) is 0 Å². The number of hydrogen-bond donors (Lipinski definition) is 1. The summed E-state index contributed by atoms with van der Waals surface area (Å²) >= 11 is 0. The summed E-state index contributed by atoms with van der Waals surface area (Å²) < 4.78 is 5.87. The van der Waals surface area contributed by atoms with E-state index in [4.69, 9.17) is 4.74 Å². The van der Waals surface area contributed by atoms with Gasteiger partial charge in [0.1, 0.15) is 0 Å². The maximum Gasteiger partial charge on any atom is 0.0590 e. The molecule has 1 aliphatic carbocycles. The second-order valence-corrected chi connectivity index (χ2v) is 6.05. The molecule has 0 saturated carbocycles. The van der Waals surface area contributed by atoms with Crippen LogP contribution in [-0.4, -0.2) is 25.8 Å². The number of benzene rings is 1. The molecule has 0 aromatic heterocycles. The molecule has 1 aromatic rings. The van der Waals surface area contributed by atoms with Crippen molar-refractivity contribution in [2.75, 3.05) is 13.7 Å². The first-order valence-electron chi connectivity index (χ1n) is 7.73. The van der Waals surface area contributed by atoms with Crippen LogP contribution in [0.15, 0.2) is 24.3 Å². The molecule has 3 unspecified atom stereocenters. The van der Waals surface area contributed by atoms with Gasteiger partial charge in [0.15, 0.2) is 0 Å². The highest BCUT2D eigenvalue weighted by Gasteiger charge is 2.29. The van der Waals surface area contributed by atoms with Crippen molar-refractivity contribution in [2.45, 2.75) is 56.6 Å². The lowest BCUT2D eigenvalue weighted by atomic mass is 9.74. The summed E-state index contributed by atoms with van der Waals surface area (Å²) in [4.78, 5) is 0. The van der Waals surface area contributed by atoms with Crippen molar-refractivity contribution < 1.29 is 4.74 Å². The number of rotatable bonds is 5. The highest BCUT2D eigenvalue weighted by molar-refractivity contribution is 5.39. The van der Waals surface area contributed by atoms with E-state index in [2.05, 4.69) is 36.6 Å². The van der Waals surface area contributed by atoms with Crippen LogP contribution in [0.4, 0.5) is 0 Å². The Morgan fingerprint density at radius 3 is 2.89 bits per heavy atom. The summed E-state index contributed by atoms with van der Waals surface area (Å²) in [6.45, 7) is 0.966. The molecular weight excluding hydrogens is 234 g/mol. The van der Waals surface area contributed by atoms with E-state index in [0.717, 1.165) is 12.5 Å². The minimum Gasteiger partial charge on any atom is -0.378 e. The van der Waals surface area contributed by atoms with Crippen molar-refractivity contribution in [1.82, 2.24) is 5.32 Å². The predicted octanol–water partition coefficient (Wildman–Crippen LogP) is 3.26. The van der Waals surface area contributed by atoms with Crippen LogP contribution in [0.3, 0.4) is 0 Å². The van der Waals surface area contributed by atoms with E-state index < -0.39 is 0 Å². The molecule has 2 nitrogen and oxygen atoms in total. The van der Waals surface area contributed by atoms with E-state index in [0.29, 0.717) is 12.1 Å². The first-order valence-corrected chi connectivity index (χ1v) is 7.73. The Morgan fingerprint density at radius 1 is 1.26 bits per heavy atom. The normalized spacial score (nSPS) is 27.4. The monoisotopic (exact) mass is 259 g/mol. The molecule has 0 bridgehead atoms. The molecule has 0 spiro atoms. The third-order valence-electron chi connectivity index (χ3n) is 4.76. The highest BCUT2D eigenvalue weighted by atomic mass is 16.5. The van der Waals surface area contributed by atoms with Gasteiger partial charge >= 0.3 is 0 Å². The zero-order valence-electron chi connectivity index (χ0n) is 11.9. The average molecular weight is 259 g/mol. The highest BCUT2D eigenvalue weighted by Crippen LogP contribution is 2.38. The van der Waals surface area contributed by atoms with E-state index in [1.165, 1.54) is 38.5 Å². The first-order chi connectivity index (χ1) is 9.36. The molecular formula is C17H25NO. The Bertz CT molecular complexity index is 411. The van der Waals surface area contributed by atoms with Gasteiger partial charge in [-0.25, -0.2) is 0 Å². The van der Waals surface area contributed by atoms with Gasteiger partial charge in [-0.3, -0.25) is 0 Å². The van der Waals surface area contributed by atoms with Crippen molar-refractivity contribution >= 4 is 0 Å². The maximum atomic E-state index is 5.87. The van der Waals surface area contributed by atoms with Gasteiger partial charge in [-0.05, 0) is 62.6 Å². The summed E-state index contributed by atoms with van der Waals surface area (Å²) in [7, 11) is 2.10. The van der Waals surface area contributed by atoms with Crippen molar-refractivity contribution in [2.24, 2.45) is 0 Å². The fraction of sp³-hybridized carbons (Fsp3) is 0.647. The molecule has 1 saturated heterocycles. The molecule has 1 N–H and O–H groups in total. The third kappa shape index (κ3) is 3.01. The molecule has 19 heavy (non-hydrogen) atoms. The Morgan fingerprint density at radius 2 is 2.16 bits per heavy atom. The van der Waals surface area contributed by atoms with E-state index >= 15 is 0 Å². The second kappa shape index (κ2) is 6.06. The third-order valence-corrected chi connectivity index (χ3v) is 4.76. The number of fused-ring (bicyclic) bond motifs is 1. The summed E-state index contributed by atoms with van der Waals surface area (Å²) in [5.41, 5.74) is 3.13. The fourth-order valence-corrected chi connectivity index (χ4v) is 3.56. The van der Waals surface area contributed by atoms with E-state index in [1.54, 1.807) is 11.1 Å². The Balaban J connectivity index is 1.53. The summed E-state index contributed by atoms with van der Waals surface area (Å²) in [6.07, 6.45) is 8.02. The lowest BCUT2D eigenvalue weighted by molar-refractivity contribution is 0.00463. The lowest BCUT2D eigenvalue weighted by Gasteiger charge is -2.34. The van der Waals surface area contributed by atoms with Gasteiger partial charge in [0.25, 0.3) is 0 Å². The van der Waals surface area contributed by atoms with Gasteiger partial charge in [-0.15, -0.1) is 0 Å². The smallest absolute Gasteiger partial charge is 0.0590 e. The zero-order chi connectivity index (χ0) is 13.1. The summed E-state index contributed by atoms with van der Waals surface area (Å²) in [6, 6.07) is 9.49. The molecule has 1 aliphatic heterocycles. The number of ether oxygens (including phenoxy) is 1. The molecule has 3 atom stereocenters. The molecule has 3 rings (SSSR count). The Hall–Kier alpha value is -0.860. The van der Waals surface area contributed by atoms with Gasteiger partial charge in [-0.1, -0.05) is 24.3 Å². The van der Waals surface area contributed by atoms with E-state index in [1.807, 2.05) is 0 Å². The van der Waals surface area contributed by atoms with Crippen LogP contribution in [0.25, 0.3) is 0 Å². The van der Waals surface area contributed by atoms with Crippen LogP contribution in [-0.2, 0) is 11.2 Å². The molecule has 104 valence electrons. The van der Waals surface area contributed by atoms with Crippen molar-refractivity contribution in [3.63, 3.8) is 0 Å². The molecule has 1 fully saturated rings. The van der Waals surface area contributed by atoms with Gasteiger partial charge < -0.3 is 10.1 Å². The summed E-state index contributed by atoms with van der Waals surface area (Å²) in [5.74, 6) is 0.761. The largest absolute Gasteiger partial charge is 0.378 e. The van der Waals surface area contributed by atoms with Crippen LogP contribution in [0.1, 0.15) is 49.1 Å². The first kappa shape index (κ1) is 13.1. The number of nitrogens with one attached hydrogen (secondary N) is 1. The standard InChI is InChI=1S/C17H25NO/c1-18-15(12-16-7-4-5-9-19-16)11-14-10-13-6-2-3-8-17(13)14/h2-3,6,8,14-16,18H,4-5,7,9-12H2,1H3. The van der Waals surface area contributed by atoms with Crippen molar-refractivity contribution in [3.05, 3.63) is 35.4 Å². The quantitative estimate of drug-likeness (QED) is 0.876. The molecule has 0 radical (unpaired) electrons. The second-order valence-electron chi connectivity index (χ2n) is 6.05. The Kier molecular flexibility index (Phi) is 4.19.